The Morgan fingerprint density at radius 3 is 3.00 bits per heavy atom. The lowest BCUT2D eigenvalue weighted by Gasteiger charge is -2.06. The van der Waals surface area contributed by atoms with E-state index in [1.807, 2.05) is 0 Å². The molecule has 2 heterocycles. The monoisotopic (exact) mass is 313 g/mol. The van der Waals surface area contributed by atoms with Gasteiger partial charge in [0, 0.05) is 23.4 Å². The zero-order valence-electron chi connectivity index (χ0n) is 10.6. The van der Waals surface area contributed by atoms with E-state index in [0.717, 1.165) is 11.5 Å². The molecule has 1 amide bonds. The molecule has 0 bridgehead atoms. The molecular formula is C12H12ClN3O3S. The summed E-state index contributed by atoms with van der Waals surface area (Å²) >= 11 is 6.88. The number of halogens is 1. The Labute approximate surface area is 124 Å². The van der Waals surface area contributed by atoms with Gasteiger partial charge >= 0.3 is 0 Å². The number of pyridine rings is 1. The van der Waals surface area contributed by atoms with Gasteiger partial charge in [-0.3, -0.25) is 4.79 Å². The Hall–Kier alpha value is -1.86. The summed E-state index contributed by atoms with van der Waals surface area (Å²) in [5.41, 5.74) is 0. The Morgan fingerprint density at radius 2 is 2.30 bits per heavy atom. The second kappa shape index (κ2) is 7.06. The minimum Gasteiger partial charge on any atom is -0.480 e. The number of carbonyl (C=O) groups is 1. The van der Waals surface area contributed by atoms with Crippen LogP contribution in [0.4, 0.5) is 0 Å². The molecule has 0 aliphatic heterocycles. The fourth-order valence-corrected chi connectivity index (χ4v) is 2.11. The molecular weight excluding hydrogens is 302 g/mol. The zero-order chi connectivity index (χ0) is 14.4. The number of rotatable bonds is 6. The molecule has 2 aromatic rings. The third-order valence-electron chi connectivity index (χ3n) is 2.26. The minimum atomic E-state index is -0.214. The van der Waals surface area contributed by atoms with Crippen molar-refractivity contribution in [2.75, 3.05) is 20.3 Å². The summed E-state index contributed by atoms with van der Waals surface area (Å²) in [5, 5.41) is 3.26. The van der Waals surface area contributed by atoms with E-state index in [1.165, 1.54) is 7.11 Å². The molecule has 2 rings (SSSR count). The molecule has 0 aliphatic carbocycles. The van der Waals surface area contributed by atoms with E-state index in [1.54, 1.807) is 24.4 Å². The van der Waals surface area contributed by atoms with Crippen LogP contribution in [-0.4, -0.2) is 35.5 Å². The van der Waals surface area contributed by atoms with Crippen molar-refractivity contribution in [2.24, 2.45) is 0 Å². The number of hydrogen-bond donors (Lipinski definition) is 1. The Kier molecular flexibility index (Phi) is 5.14. The van der Waals surface area contributed by atoms with E-state index in [0.29, 0.717) is 34.8 Å². The van der Waals surface area contributed by atoms with Gasteiger partial charge < -0.3 is 14.8 Å². The molecule has 0 spiro atoms. The van der Waals surface area contributed by atoms with E-state index >= 15 is 0 Å². The van der Waals surface area contributed by atoms with E-state index in [2.05, 4.69) is 14.7 Å². The average molecular weight is 314 g/mol. The summed E-state index contributed by atoms with van der Waals surface area (Å²) in [6.45, 7) is 0.655. The topological polar surface area (TPSA) is 73.3 Å². The van der Waals surface area contributed by atoms with E-state index in [4.69, 9.17) is 21.1 Å². The van der Waals surface area contributed by atoms with Crippen LogP contribution in [0.25, 0.3) is 0 Å². The quantitative estimate of drug-likeness (QED) is 0.826. The molecule has 20 heavy (non-hydrogen) atoms. The number of hydrogen-bond acceptors (Lipinski definition) is 6. The van der Waals surface area contributed by atoms with Crippen LogP contribution in [0.5, 0.6) is 11.8 Å². The molecule has 0 unspecified atom stereocenters. The Balaban J connectivity index is 1.74. The van der Waals surface area contributed by atoms with Crippen LogP contribution >= 0.6 is 23.1 Å². The molecule has 1 N–H and O–H groups in total. The third kappa shape index (κ3) is 4.07. The van der Waals surface area contributed by atoms with Crippen LogP contribution in [-0.2, 0) is 0 Å². The summed E-state index contributed by atoms with van der Waals surface area (Å²) in [5.74, 6) is 0.638. The summed E-state index contributed by atoms with van der Waals surface area (Å²) in [4.78, 5) is 16.2. The molecule has 0 aliphatic rings. The lowest BCUT2D eigenvalue weighted by Crippen LogP contribution is -2.27. The van der Waals surface area contributed by atoms with Crippen molar-refractivity contribution in [3.8, 4) is 11.8 Å². The molecule has 8 heteroatoms. The Bertz CT molecular complexity index is 591. The van der Waals surface area contributed by atoms with Crippen molar-refractivity contribution >= 4 is 29.0 Å². The first-order valence-corrected chi connectivity index (χ1v) is 6.87. The highest BCUT2D eigenvalue weighted by atomic mass is 35.5. The van der Waals surface area contributed by atoms with Crippen LogP contribution in [0.3, 0.4) is 0 Å². The first-order chi connectivity index (χ1) is 9.69. The van der Waals surface area contributed by atoms with Gasteiger partial charge in [0.2, 0.25) is 11.8 Å². The van der Waals surface area contributed by atoms with Crippen molar-refractivity contribution in [1.29, 1.82) is 0 Å². The molecule has 0 saturated carbocycles. The predicted octanol–water partition coefficient (Wildman–Crippen LogP) is 2.01. The van der Waals surface area contributed by atoms with Gasteiger partial charge in [-0.05, 0) is 17.6 Å². The first kappa shape index (κ1) is 14.5. The molecule has 0 atom stereocenters. The minimum absolute atomic E-state index is 0.214. The lowest BCUT2D eigenvalue weighted by molar-refractivity contribution is 0.0950. The summed E-state index contributed by atoms with van der Waals surface area (Å²) in [6, 6.07) is 4.85. The van der Waals surface area contributed by atoms with Crippen molar-refractivity contribution in [2.45, 2.75) is 0 Å². The highest BCUT2D eigenvalue weighted by molar-refractivity contribution is 7.08. The van der Waals surface area contributed by atoms with Gasteiger partial charge in [-0.25, -0.2) is 4.98 Å². The second-order valence-electron chi connectivity index (χ2n) is 3.65. The van der Waals surface area contributed by atoms with Crippen LogP contribution in [0, 0.1) is 0 Å². The van der Waals surface area contributed by atoms with Gasteiger partial charge in [0.15, 0.2) is 0 Å². The largest absolute Gasteiger partial charge is 0.480 e. The number of ether oxygens (including phenoxy) is 2. The maximum Gasteiger partial charge on any atom is 0.263 e. The third-order valence-corrected chi connectivity index (χ3v) is 3.26. The maximum atomic E-state index is 11.8. The van der Waals surface area contributed by atoms with Gasteiger partial charge in [0.25, 0.3) is 5.91 Å². The summed E-state index contributed by atoms with van der Waals surface area (Å²) in [6.07, 6.45) is 1.56. The van der Waals surface area contributed by atoms with Crippen LogP contribution in [0.2, 0.25) is 5.02 Å². The molecule has 2 aromatic heterocycles. The maximum absolute atomic E-state index is 11.8. The molecule has 6 nitrogen and oxygen atoms in total. The smallest absolute Gasteiger partial charge is 0.263 e. The molecule has 0 fully saturated rings. The number of nitrogens with one attached hydrogen (secondary N) is 1. The fraction of sp³-hybridized carbons (Fsp3) is 0.250. The number of amides is 1. The predicted molar refractivity (Wildman–Crippen MR) is 75.7 cm³/mol. The van der Waals surface area contributed by atoms with Crippen molar-refractivity contribution < 1.29 is 14.3 Å². The second-order valence-corrected chi connectivity index (χ2v) is 4.89. The van der Waals surface area contributed by atoms with Gasteiger partial charge in [0.05, 0.1) is 13.7 Å². The van der Waals surface area contributed by atoms with Crippen molar-refractivity contribution in [1.82, 2.24) is 14.7 Å². The van der Waals surface area contributed by atoms with E-state index in [-0.39, 0.29) is 5.91 Å². The molecule has 0 radical (unpaired) electrons. The van der Waals surface area contributed by atoms with Crippen LogP contribution in [0.1, 0.15) is 9.67 Å². The molecule has 0 saturated heterocycles. The number of methoxy groups -OCH3 is 1. The first-order valence-electron chi connectivity index (χ1n) is 5.72. The summed E-state index contributed by atoms with van der Waals surface area (Å²) in [7, 11) is 1.50. The average Bonchev–Trinajstić information content (AvgIpc) is 2.92. The van der Waals surface area contributed by atoms with Gasteiger partial charge in [0.1, 0.15) is 11.5 Å². The normalized spacial score (nSPS) is 10.1. The van der Waals surface area contributed by atoms with Crippen molar-refractivity contribution in [3.05, 3.63) is 34.3 Å². The van der Waals surface area contributed by atoms with Gasteiger partial charge in [-0.1, -0.05) is 11.6 Å². The zero-order valence-corrected chi connectivity index (χ0v) is 12.2. The highest BCUT2D eigenvalue weighted by Gasteiger charge is 2.10. The van der Waals surface area contributed by atoms with E-state index < -0.39 is 0 Å². The van der Waals surface area contributed by atoms with Gasteiger partial charge in [-0.2, -0.15) is 4.37 Å². The lowest BCUT2D eigenvalue weighted by atomic mass is 10.4. The van der Waals surface area contributed by atoms with Crippen LogP contribution < -0.4 is 14.8 Å². The fourth-order valence-electron chi connectivity index (χ4n) is 1.33. The number of nitrogens with zero attached hydrogens (tertiary/aromatic N) is 2. The highest BCUT2D eigenvalue weighted by Crippen LogP contribution is 2.16. The van der Waals surface area contributed by atoms with Crippen molar-refractivity contribution in [3.63, 3.8) is 0 Å². The number of aromatic nitrogens is 2. The summed E-state index contributed by atoms with van der Waals surface area (Å²) < 4.78 is 14.2. The molecule has 106 valence electrons. The van der Waals surface area contributed by atoms with E-state index in [9.17, 15) is 4.79 Å². The van der Waals surface area contributed by atoms with Crippen LogP contribution in [0.15, 0.2) is 24.4 Å². The SMILES string of the molecule is COc1cc(C(=O)NCCOc2cc(Cl)ccn2)sn1. The standard InChI is InChI=1S/C12H12ClN3O3S/c1-18-11-7-9(20-16-11)12(17)15-4-5-19-10-6-8(13)2-3-14-10/h2-3,6-7H,4-5H2,1H3,(H,15,17). The molecule has 0 aromatic carbocycles. The van der Waals surface area contributed by atoms with Gasteiger partial charge in [-0.15, -0.1) is 0 Å². The number of carbonyl (C=O) groups excluding carboxylic acids is 1. The Morgan fingerprint density at radius 1 is 1.45 bits per heavy atom.